The molecule has 1 saturated heterocycles. The van der Waals surface area contributed by atoms with Crippen molar-refractivity contribution in [3.8, 4) is 11.1 Å². The van der Waals surface area contributed by atoms with Crippen molar-refractivity contribution in [3.63, 3.8) is 0 Å². The highest BCUT2D eigenvalue weighted by Gasteiger charge is 2.31. The second-order valence-corrected chi connectivity index (χ2v) is 7.03. The van der Waals surface area contributed by atoms with E-state index in [1.54, 1.807) is 18.6 Å². The van der Waals surface area contributed by atoms with Gasteiger partial charge in [0.05, 0.1) is 23.9 Å². The van der Waals surface area contributed by atoms with Crippen LogP contribution in [0.5, 0.6) is 0 Å². The van der Waals surface area contributed by atoms with Crippen LogP contribution in [0, 0.1) is 13.8 Å². The lowest BCUT2D eigenvalue weighted by molar-refractivity contribution is -0.131. The summed E-state index contributed by atoms with van der Waals surface area (Å²) >= 11 is 0. The Bertz CT molecular complexity index is 961. The number of rotatable bonds is 4. The number of amides is 1. The van der Waals surface area contributed by atoms with Crippen molar-refractivity contribution in [1.82, 2.24) is 25.0 Å². The van der Waals surface area contributed by atoms with Gasteiger partial charge >= 0.3 is 0 Å². The number of likely N-dealkylation sites (tertiary alicyclic amines) is 1. The predicted molar refractivity (Wildman–Crippen MR) is 103 cm³/mol. The summed E-state index contributed by atoms with van der Waals surface area (Å²) in [4.78, 5) is 27.5. The molecule has 2 N–H and O–H groups in total. The molecule has 0 saturated carbocycles. The van der Waals surface area contributed by atoms with Gasteiger partial charge in [0.15, 0.2) is 0 Å². The first kappa shape index (κ1) is 18.1. The van der Waals surface area contributed by atoms with E-state index in [0.717, 1.165) is 47.5 Å². The Morgan fingerprint density at radius 3 is 2.57 bits per heavy atom. The molecule has 8 nitrogen and oxygen atoms in total. The Morgan fingerprint density at radius 1 is 1.18 bits per heavy atom. The Hall–Kier alpha value is -3.29. The fourth-order valence-corrected chi connectivity index (χ4v) is 3.64. The summed E-state index contributed by atoms with van der Waals surface area (Å²) in [5.74, 6) is 1.02. The van der Waals surface area contributed by atoms with Crippen LogP contribution in [-0.4, -0.2) is 37.5 Å². The number of anilines is 1. The third-order valence-corrected chi connectivity index (χ3v) is 5.22. The van der Waals surface area contributed by atoms with E-state index in [9.17, 15) is 4.79 Å². The van der Waals surface area contributed by atoms with E-state index >= 15 is 0 Å². The Balaban J connectivity index is 1.51. The lowest BCUT2D eigenvalue weighted by Gasteiger charge is -2.24. The average molecular weight is 378 g/mol. The quantitative estimate of drug-likeness (QED) is 0.743. The van der Waals surface area contributed by atoms with Crippen LogP contribution in [-0.2, 0) is 11.2 Å². The Morgan fingerprint density at radius 2 is 1.93 bits per heavy atom. The fourth-order valence-electron chi connectivity index (χ4n) is 3.64. The van der Waals surface area contributed by atoms with Crippen LogP contribution in [0.4, 0.5) is 5.95 Å². The first-order valence-electron chi connectivity index (χ1n) is 9.28. The molecule has 3 aromatic heterocycles. The molecule has 8 heteroatoms. The highest BCUT2D eigenvalue weighted by molar-refractivity contribution is 5.80. The van der Waals surface area contributed by atoms with Gasteiger partial charge in [-0.25, -0.2) is 9.97 Å². The molecule has 0 aromatic carbocycles. The number of carbonyl (C=O) groups excluding carboxylic acids is 1. The van der Waals surface area contributed by atoms with Crippen molar-refractivity contribution in [2.45, 2.75) is 39.2 Å². The number of nitrogens with two attached hydrogens (primary N) is 1. The van der Waals surface area contributed by atoms with E-state index in [0.29, 0.717) is 12.2 Å². The molecule has 4 heterocycles. The molecule has 3 aromatic rings. The van der Waals surface area contributed by atoms with Gasteiger partial charge in [-0.2, -0.15) is 0 Å². The van der Waals surface area contributed by atoms with Gasteiger partial charge in [0.2, 0.25) is 11.9 Å². The fraction of sp³-hybridized carbons (Fsp3) is 0.350. The standard InChI is InChI=1S/C20H22N6O2/c1-12-16(13(2)28-25-12)8-19(27)26-7-3-4-18(26)17-6-5-14(9-22-17)15-10-23-20(21)24-11-15/h5-6,9-11,18H,3-4,7-8H2,1-2H3,(H2,21,23,24). The monoisotopic (exact) mass is 378 g/mol. The zero-order valence-electron chi connectivity index (χ0n) is 15.9. The molecule has 0 radical (unpaired) electrons. The predicted octanol–water partition coefficient (Wildman–Crippen LogP) is 2.63. The molecule has 0 aliphatic carbocycles. The minimum atomic E-state index is -0.00955. The van der Waals surface area contributed by atoms with Crippen LogP contribution < -0.4 is 5.73 Å². The zero-order valence-corrected chi connectivity index (χ0v) is 15.9. The molecule has 0 spiro atoms. The van der Waals surface area contributed by atoms with Gasteiger partial charge < -0.3 is 15.2 Å². The number of pyridine rings is 1. The maximum Gasteiger partial charge on any atom is 0.227 e. The van der Waals surface area contributed by atoms with Crippen LogP contribution >= 0.6 is 0 Å². The van der Waals surface area contributed by atoms with E-state index in [1.165, 1.54) is 0 Å². The van der Waals surface area contributed by atoms with Crippen molar-refractivity contribution in [2.75, 3.05) is 12.3 Å². The lowest BCUT2D eigenvalue weighted by atomic mass is 10.1. The van der Waals surface area contributed by atoms with Crippen molar-refractivity contribution >= 4 is 11.9 Å². The summed E-state index contributed by atoms with van der Waals surface area (Å²) in [6.45, 7) is 4.44. The number of hydrogen-bond acceptors (Lipinski definition) is 7. The molecule has 0 bridgehead atoms. The van der Waals surface area contributed by atoms with Crippen LogP contribution in [0.2, 0.25) is 0 Å². The highest BCUT2D eigenvalue weighted by atomic mass is 16.5. The van der Waals surface area contributed by atoms with E-state index in [1.807, 2.05) is 30.9 Å². The molecule has 1 fully saturated rings. The number of carbonyl (C=O) groups is 1. The van der Waals surface area contributed by atoms with E-state index in [4.69, 9.17) is 10.3 Å². The molecule has 1 atom stereocenters. The van der Waals surface area contributed by atoms with Gasteiger partial charge in [-0.05, 0) is 32.8 Å². The van der Waals surface area contributed by atoms with Gasteiger partial charge in [-0.1, -0.05) is 11.2 Å². The molecule has 1 aliphatic rings. The second-order valence-electron chi connectivity index (χ2n) is 7.03. The normalized spacial score (nSPS) is 16.5. The van der Waals surface area contributed by atoms with Crippen LogP contribution in [0.1, 0.15) is 41.6 Å². The lowest BCUT2D eigenvalue weighted by Crippen LogP contribution is -2.32. The molecular weight excluding hydrogens is 356 g/mol. The third kappa shape index (κ3) is 3.45. The maximum absolute atomic E-state index is 12.9. The SMILES string of the molecule is Cc1noc(C)c1CC(=O)N1CCCC1c1ccc(-c2cnc(N)nc2)cn1. The topological polar surface area (TPSA) is 111 Å². The highest BCUT2D eigenvalue weighted by Crippen LogP contribution is 2.32. The minimum Gasteiger partial charge on any atom is -0.368 e. The van der Waals surface area contributed by atoms with Crippen LogP contribution in [0.15, 0.2) is 35.2 Å². The first-order valence-corrected chi connectivity index (χ1v) is 9.28. The summed E-state index contributed by atoms with van der Waals surface area (Å²) in [6.07, 6.45) is 7.32. The van der Waals surface area contributed by atoms with E-state index < -0.39 is 0 Å². The zero-order chi connectivity index (χ0) is 19.7. The van der Waals surface area contributed by atoms with Crippen LogP contribution in [0.3, 0.4) is 0 Å². The van der Waals surface area contributed by atoms with Gasteiger partial charge in [0, 0.05) is 41.8 Å². The smallest absolute Gasteiger partial charge is 0.227 e. The molecular formula is C20H22N6O2. The van der Waals surface area contributed by atoms with Crippen LogP contribution in [0.25, 0.3) is 11.1 Å². The van der Waals surface area contributed by atoms with Gasteiger partial charge in [0.25, 0.3) is 0 Å². The number of aryl methyl sites for hydroxylation is 2. The van der Waals surface area contributed by atoms with E-state index in [-0.39, 0.29) is 17.9 Å². The molecule has 28 heavy (non-hydrogen) atoms. The van der Waals surface area contributed by atoms with Crippen molar-refractivity contribution < 1.29 is 9.32 Å². The summed E-state index contributed by atoms with van der Waals surface area (Å²) in [5, 5.41) is 3.94. The van der Waals surface area contributed by atoms with Crippen molar-refractivity contribution in [1.29, 1.82) is 0 Å². The van der Waals surface area contributed by atoms with E-state index in [2.05, 4.69) is 20.1 Å². The number of nitrogen functional groups attached to an aromatic ring is 1. The van der Waals surface area contributed by atoms with Crippen molar-refractivity contribution in [2.24, 2.45) is 0 Å². The van der Waals surface area contributed by atoms with Gasteiger partial charge in [-0.15, -0.1) is 0 Å². The third-order valence-electron chi connectivity index (χ3n) is 5.22. The number of nitrogens with zero attached hydrogens (tertiary/aromatic N) is 5. The second kappa shape index (κ2) is 7.38. The van der Waals surface area contributed by atoms with Gasteiger partial charge in [-0.3, -0.25) is 9.78 Å². The minimum absolute atomic E-state index is 0.00955. The largest absolute Gasteiger partial charge is 0.368 e. The molecule has 1 aliphatic heterocycles. The molecule has 4 rings (SSSR count). The summed E-state index contributed by atoms with van der Waals surface area (Å²) < 4.78 is 5.18. The summed E-state index contributed by atoms with van der Waals surface area (Å²) in [5.41, 5.74) is 9.85. The molecule has 144 valence electrons. The molecule has 1 amide bonds. The number of aromatic nitrogens is 4. The first-order chi connectivity index (χ1) is 13.5. The summed E-state index contributed by atoms with van der Waals surface area (Å²) in [7, 11) is 0. The average Bonchev–Trinajstić information content (AvgIpc) is 3.31. The Labute approximate surface area is 162 Å². The number of hydrogen-bond donors (Lipinski definition) is 1. The van der Waals surface area contributed by atoms with Gasteiger partial charge in [0.1, 0.15) is 5.76 Å². The summed E-state index contributed by atoms with van der Waals surface area (Å²) in [6, 6.07) is 3.94. The van der Waals surface area contributed by atoms with Crippen molar-refractivity contribution in [3.05, 3.63) is 53.4 Å². The maximum atomic E-state index is 12.9. The Kier molecular flexibility index (Phi) is 4.77. The molecule has 1 unspecified atom stereocenters.